The van der Waals surface area contributed by atoms with Crippen LogP contribution in [-0.4, -0.2) is 31.2 Å². The highest BCUT2D eigenvalue weighted by Crippen LogP contribution is 2.13. The zero-order chi connectivity index (χ0) is 14.7. The summed E-state index contributed by atoms with van der Waals surface area (Å²) < 4.78 is 1.49. The molecule has 1 N–H and O–H groups in total. The first-order valence-electron chi connectivity index (χ1n) is 6.56. The third-order valence-corrected chi connectivity index (χ3v) is 4.01. The van der Waals surface area contributed by atoms with Crippen molar-refractivity contribution in [3.05, 3.63) is 51.5 Å². The van der Waals surface area contributed by atoms with Crippen LogP contribution < -0.4 is 5.56 Å². The number of hydrogen-bond acceptors (Lipinski definition) is 6. The second-order valence-corrected chi connectivity index (χ2v) is 5.59. The van der Waals surface area contributed by atoms with Gasteiger partial charge in [0.1, 0.15) is 6.33 Å². The van der Waals surface area contributed by atoms with Crippen LogP contribution in [0.5, 0.6) is 0 Å². The predicted molar refractivity (Wildman–Crippen MR) is 80.2 cm³/mol. The summed E-state index contributed by atoms with van der Waals surface area (Å²) in [6.07, 6.45) is 5.18. The van der Waals surface area contributed by atoms with Gasteiger partial charge < -0.3 is 5.11 Å². The highest BCUT2D eigenvalue weighted by atomic mass is 32.1. The first-order valence-corrected chi connectivity index (χ1v) is 7.50. The lowest BCUT2D eigenvalue weighted by Gasteiger charge is -2.14. The number of aromatic nitrogens is 4. The minimum absolute atomic E-state index is 0.0147. The fourth-order valence-corrected chi connectivity index (χ4v) is 2.91. The van der Waals surface area contributed by atoms with Crippen molar-refractivity contribution in [1.29, 1.82) is 0 Å². The summed E-state index contributed by atoms with van der Waals surface area (Å²) >= 11 is 1.62. The highest BCUT2D eigenvalue weighted by Gasteiger charge is 2.13. The van der Waals surface area contributed by atoms with Gasteiger partial charge in [-0.3, -0.25) is 9.36 Å². The molecule has 0 bridgehead atoms. The molecule has 0 amide bonds. The molecule has 1 unspecified atom stereocenters. The van der Waals surface area contributed by atoms with Crippen LogP contribution in [0, 0.1) is 5.92 Å². The molecule has 0 aliphatic heterocycles. The molecule has 0 aromatic carbocycles. The van der Waals surface area contributed by atoms with E-state index in [1.807, 2.05) is 11.4 Å². The number of nitrogens with zero attached hydrogens (tertiary/aromatic N) is 4. The molecular weight excluding hydrogens is 288 g/mol. The molecule has 0 radical (unpaired) electrons. The lowest BCUT2D eigenvalue weighted by atomic mass is 10.0. The number of fused-ring (bicyclic) bond motifs is 1. The van der Waals surface area contributed by atoms with Crippen LogP contribution in [0.3, 0.4) is 0 Å². The molecule has 0 spiro atoms. The van der Waals surface area contributed by atoms with Gasteiger partial charge in [-0.05, 0) is 28.8 Å². The lowest BCUT2D eigenvalue weighted by Crippen LogP contribution is -2.27. The van der Waals surface area contributed by atoms with Crippen molar-refractivity contribution in [2.24, 2.45) is 5.92 Å². The van der Waals surface area contributed by atoms with Crippen LogP contribution in [0.1, 0.15) is 5.56 Å². The molecule has 0 aliphatic carbocycles. The van der Waals surface area contributed by atoms with Crippen molar-refractivity contribution in [1.82, 2.24) is 19.5 Å². The molecule has 6 nitrogen and oxygen atoms in total. The summed E-state index contributed by atoms with van der Waals surface area (Å²) in [6, 6.07) is 2.03. The SMILES string of the molecule is O=c1c2nccnc2ncn1CC(CO)Cc1ccsc1. The van der Waals surface area contributed by atoms with E-state index in [4.69, 9.17) is 0 Å². The van der Waals surface area contributed by atoms with Crippen LogP contribution in [0.2, 0.25) is 0 Å². The zero-order valence-corrected chi connectivity index (χ0v) is 12.0. The minimum Gasteiger partial charge on any atom is -0.396 e. The number of rotatable bonds is 5. The Balaban J connectivity index is 1.86. The fourth-order valence-electron chi connectivity index (χ4n) is 2.23. The molecule has 7 heteroatoms. The average molecular weight is 302 g/mol. The molecule has 0 fully saturated rings. The molecule has 3 rings (SSSR count). The number of aliphatic hydroxyl groups is 1. The molecule has 108 valence electrons. The molecule has 1 atom stereocenters. The average Bonchev–Trinajstić information content (AvgIpc) is 3.02. The molecule has 21 heavy (non-hydrogen) atoms. The molecule has 3 heterocycles. The first kappa shape index (κ1) is 13.8. The van der Waals surface area contributed by atoms with Gasteiger partial charge in [0.15, 0.2) is 11.2 Å². The Morgan fingerprint density at radius 3 is 2.90 bits per heavy atom. The van der Waals surface area contributed by atoms with Gasteiger partial charge in [-0.15, -0.1) is 0 Å². The van der Waals surface area contributed by atoms with E-state index in [9.17, 15) is 9.90 Å². The molecule has 0 saturated carbocycles. The molecule has 0 saturated heterocycles. The van der Waals surface area contributed by atoms with Gasteiger partial charge in [-0.1, -0.05) is 0 Å². The van der Waals surface area contributed by atoms with Gasteiger partial charge >= 0.3 is 0 Å². The van der Waals surface area contributed by atoms with Crippen molar-refractivity contribution in [2.75, 3.05) is 6.61 Å². The molecular formula is C14H14N4O2S. The van der Waals surface area contributed by atoms with Gasteiger partial charge in [-0.25, -0.2) is 15.0 Å². The van der Waals surface area contributed by atoms with Crippen molar-refractivity contribution in [2.45, 2.75) is 13.0 Å². The van der Waals surface area contributed by atoms with Crippen LogP contribution in [0.25, 0.3) is 11.2 Å². The van der Waals surface area contributed by atoms with Crippen LogP contribution in [0.4, 0.5) is 0 Å². The maximum Gasteiger partial charge on any atom is 0.281 e. The van der Waals surface area contributed by atoms with Gasteiger partial charge in [-0.2, -0.15) is 11.3 Å². The number of thiophene rings is 1. The third-order valence-electron chi connectivity index (χ3n) is 3.28. The van der Waals surface area contributed by atoms with E-state index in [0.29, 0.717) is 12.2 Å². The fraction of sp³-hybridized carbons (Fsp3) is 0.286. The third kappa shape index (κ3) is 2.98. The van der Waals surface area contributed by atoms with Gasteiger partial charge in [0.2, 0.25) is 0 Å². The normalized spacial score (nSPS) is 12.6. The van der Waals surface area contributed by atoms with Crippen LogP contribution in [-0.2, 0) is 13.0 Å². The molecule has 3 aromatic heterocycles. The molecule has 3 aromatic rings. The van der Waals surface area contributed by atoms with Gasteiger partial charge in [0, 0.05) is 31.5 Å². The number of aliphatic hydroxyl groups excluding tert-OH is 1. The lowest BCUT2D eigenvalue weighted by molar-refractivity contribution is 0.209. The van der Waals surface area contributed by atoms with E-state index in [1.54, 1.807) is 11.3 Å². The number of hydrogen-bond donors (Lipinski definition) is 1. The Bertz CT molecular complexity index is 785. The maximum atomic E-state index is 12.3. The van der Waals surface area contributed by atoms with Gasteiger partial charge in [0.05, 0.1) is 0 Å². The largest absolute Gasteiger partial charge is 0.396 e. The Hall–Kier alpha value is -2.12. The van der Waals surface area contributed by atoms with E-state index >= 15 is 0 Å². The Kier molecular flexibility index (Phi) is 4.03. The van der Waals surface area contributed by atoms with E-state index in [2.05, 4.69) is 20.3 Å². The first-order chi connectivity index (χ1) is 10.3. The minimum atomic E-state index is -0.225. The summed E-state index contributed by atoms with van der Waals surface area (Å²) in [5.74, 6) is -0.0341. The smallest absolute Gasteiger partial charge is 0.281 e. The predicted octanol–water partition coefficient (Wildman–Crippen LogP) is 1.10. The van der Waals surface area contributed by atoms with Crippen molar-refractivity contribution in [3.8, 4) is 0 Å². The van der Waals surface area contributed by atoms with E-state index in [0.717, 1.165) is 6.42 Å². The second-order valence-electron chi connectivity index (χ2n) is 4.81. The summed E-state index contributed by atoms with van der Waals surface area (Å²) in [5, 5.41) is 13.6. The second kappa shape index (κ2) is 6.11. The standard InChI is InChI=1S/C14H14N4O2S/c19-7-11(5-10-1-4-21-8-10)6-18-9-17-13-12(14(18)20)15-2-3-16-13/h1-4,8-9,11,19H,5-7H2. The summed E-state index contributed by atoms with van der Waals surface area (Å²) in [4.78, 5) is 24.5. The Morgan fingerprint density at radius 1 is 1.29 bits per heavy atom. The Morgan fingerprint density at radius 2 is 2.14 bits per heavy atom. The molecule has 0 aliphatic rings. The Labute approximate surface area is 124 Å². The summed E-state index contributed by atoms with van der Waals surface area (Å²) in [5.41, 5.74) is 1.54. The maximum absolute atomic E-state index is 12.3. The quantitative estimate of drug-likeness (QED) is 0.763. The monoisotopic (exact) mass is 302 g/mol. The zero-order valence-electron chi connectivity index (χ0n) is 11.2. The summed E-state index contributed by atoms with van der Waals surface area (Å²) in [7, 11) is 0. The summed E-state index contributed by atoms with van der Waals surface area (Å²) in [6.45, 7) is 0.422. The van der Waals surface area contributed by atoms with E-state index in [-0.39, 0.29) is 23.6 Å². The highest BCUT2D eigenvalue weighted by molar-refractivity contribution is 7.07. The topological polar surface area (TPSA) is 80.9 Å². The van der Waals surface area contributed by atoms with Crippen LogP contribution >= 0.6 is 11.3 Å². The van der Waals surface area contributed by atoms with E-state index < -0.39 is 0 Å². The van der Waals surface area contributed by atoms with Crippen LogP contribution in [0.15, 0.2) is 40.3 Å². The van der Waals surface area contributed by atoms with E-state index in [1.165, 1.54) is 28.9 Å². The van der Waals surface area contributed by atoms with Crippen molar-refractivity contribution >= 4 is 22.5 Å². The van der Waals surface area contributed by atoms with Crippen molar-refractivity contribution in [3.63, 3.8) is 0 Å². The van der Waals surface area contributed by atoms with Gasteiger partial charge in [0.25, 0.3) is 5.56 Å². The van der Waals surface area contributed by atoms with Crippen molar-refractivity contribution < 1.29 is 5.11 Å².